The van der Waals surface area contributed by atoms with Crippen molar-refractivity contribution in [2.45, 2.75) is 6.42 Å². The van der Waals surface area contributed by atoms with Crippen LogP contribution in [0.4, 0.5) is 4.39 Å². The number of carbonyl (C=O) groups is 1. The molecule has 4 rings (SSSR count). The summed E-state index contributed by atoms with van der Waals surface area (Å²) in [6.45, 7) is 0.422. The van der Waals surface area contributed by atoms with Gasteiger partial charge in [-0.1, -0.05) is 30.3 Å². The molecule has 1 amide bonds. The highest BCUT2D eigenvalue weighted by atomic mass is 19.1. The number of amides is 1. The van der Waals surface area contributed by atoms with Crippen LogP contribution in [0.2, 0.25) is 0 Å². The third-order valence-corrected chi connectivity index (χ3v) is 4.08. The van der Waals surface area contributed by atoms with Crippen LogP contribution in [-0.2, 0) is 6.42 Å². The van der Waals surface area contributed by atoms with Crippen LogP contribution in [0, 0.1) is 5.82 Å². The molecule has 0 aliphatic heterocycles. The van der Waals surface area contributed by atoms with Gasteiger partial charge in [0.2, 0.25) is 0 Å². The van der Waals surface area contributed by atoms with Crippen LogP contribution in [0.25, 0.3) is 16.6 Å². The standard InChI is InChI=1S/C18H14FN5O2/c19-12-6-7-14-13(10-12)17(25)21-16-15(22-23-24(14)16)18(26)20-9-8-11-4-2-1-3-5-11/h1-7,10,23H,8-9H2,(H,20,26). The molecule has 0 aliphatic carbocycles. The molecule has 4 aromatic rings. The fourth-order valence-electron chi connectivity index (χ4n) is 2.81. The first-order chi connectivity index (χ1) is 12.6. The highest BCUT2D eigenvalue weighted by molar-refractivity contribution is 5.98. The molecule has 0 saturated carbocycles. The maximum absolute atomic E-state index is 13.4. The number of benzene rings is 2. The molecule has 0 fully saturated rings. The first kappa shape index (κ1) is 15.9. The second-order valence-electron chi connectivity index (χ2n) is 5.79. The van der Waals surface area contributed by atoms with Gasteiger partial charge in [0.25, 0.3) is 11.5 Å². The summed E-state index contributed by atoms with van der Waals surface area (Å²) in [5, 5.41) is 9.49. The summed E-state index contributed by atoms with van der Waals surface area (Å²) in [5.41, 5.74) is 1.01. The van der Waals surface area contributed by atoms with Crippen molar-refractivity contribution in [1.29, 1.82) is 0 Å². The quantitative estimate of drug-likeness (QED) is 0.585. The molecule has 7 nitrogen and oxygen atoms in total. The molecule has 0 bridgehead atoms. The lowest BCUT2D eigenvalue weighted by Gasteiger charge is -2.04. The van der Waals surface area contributed by atoms with E-state index in [2.05, 4.69) is 20.6 Å². The summed E-state index contributed by atoms with van der Waals surface area (Å²) in [7, 11) is 0. The van der Waals surface area contributed by atoms with Crippen molar-refractivity contribution in [3.8, 4) is 0 Å². The highest BCUT2D eigenvalue weighted by Gasteiger charge is 2.18. The van der Waals surface area contributed by atoms with E-state index in [1.54, 1.807) is 0 Å². The molecule has 0 aliphatic rings. The van der Waals surface area contributed by atoms with E-state index in [0.29, 0.717) is 18.5 Å². The molecule has 0 spiro atoms. The van der Waals surface area contributed by atoms with Gasteiger partial charge in [-0.15, -0.1) is 5.10 Å². The SMILES string of the molecule is O=C(NCCc1ccccc1)c1n[nH]n2c1nc(=O)c1cc(F)ccc12. The summed E-state index contributed by atoms with van der Waals surface area (Å²) >= 11 is 0. The topological polar surface area (TPSA) is 92.2 Å². The minimum Gasteiger partial charge on any atom is -0.350 e. The van der Waals surface area contributed by atoms with Crippen LogP contribution < -0.4 is 10.9 Å². The largest absolute Gasteiger partial charge is 0.350 e. The Kier molecular flexibility index (Phi) is 3.92. The summed E-state index contributed by atoms with van der Waals surface area (Å²) in [6.07, 6.45) is 0.671. The van der Waals surface area contributed by atoms with E-state index in [1.807, 2.05) is 30.3 Å². The van der Waals surface area contributed by atoms with E-state index in [4.69, 9.17) is 0 Å². The number of rotatable bonds is 4. The number of aromatic amines is 1. The average molecular weight is 351 g/mol. The highest BCUT2D eigenvalue weighted by Crippen LogP contribution is 2.14. The predicted molar refractivity (Wildman–Crippen MR) is 93.6 cm³/mol. The number of H-pyrrole nitrogens is 1. The summed E-state index contributed by atoms with van der Waals surface area (Å²) in [6, 6.07) is 13.5. The van der Waals surface area contributed by atoms with Gasteiger partial charge >= 0.3 is 0 Å². The molecule has 2 heterocycles. The van der Waals surface area contributed by atoms with Crippen molar-refractivity contribution in [3.63, 3.8) is 0 Å². The molecule has 0 radical (unpaired) electrons. The number of nitrogens with zero attached hydrogens (tertiary/aromatic N) is 3. The van der Waals surface area contributed by atoms with Crippen LogP contribution in [0.1, 0.15) is 16.1 Å². The van der Waals surface area contributed by atoms with Crippen molar-refractivity contribution in [2.24, 2.45) is 0 Å². The third kappa shape index (κ3) is 2.81. The van der Waals surface area contributed by atoms with Gasteiger partial charge < -0.3 is 5.32 Å². The summed E-state index contributed by atoms with van der Waals surface area (Å²) < 4.78 is 14.8. The van der Waals surface area contributed by atoms with Crippen LogP contribution in [0.5, 0.6) is 0 Å². The van der Waals surface area contributed by atoms with Gasteiger partial charge in [0.15, 0.2) is 11.3 Å². The number of halogens is 1. The number of carbonyl (C=O) groups excluding carboxylic acids is 1. The zero-order valence-electron chi connectivity index (χ0n) is 13.6. The lowest BCUT2D eigenvalue weighted by molar-refractivity contribution is 0.0950. The third-order valence-electron chi connectivity index (χ3n) is 4.08. The van der Waals surface area contributed by atoms with Crippen molar-refractivity contribution >= 4 is 22.5 Å². The zero-order chi connectivity index (χ0) is 18.1. The van der Waals surface area contributed by atoms with Gasteiger partial charge in [-0.25, -0.2) is 14.1 Å². The molecular weight excluding hydrogens is 337 g/mol. The molecule has 0 unspecified atom stereocenters. The maximum Gasteiger partial charge on any atom is 0.281 e. The number of aromatic nitrogens is 4. The molecule has 0 atom stereocenters. The molecule has 0 saturated heterocycles. The maximum atomic E-state index is 13.4. The van der Waals surface area contributed by atoms with Crippen LogP contribution in [-0.4, -0.2) is 32.3 Å². The number of hydrogen-bond acceptors (Lipinski definition) is 4. The van der Waals surface area contributed by atoms with E-state index in [9.17, 15) is 14.0 Å². The smallest absolute Gasteiger partial charge is 0.281 e. The molecule has 2 aromatic heterocycles. The number of fused-ring (bicyclic) bond motifs is 3. The molecule has 2 N–H and O–H groups in total. The minimum absolute atomic E-state index is 0.0152. The van der Waals surface area contributed by atoms with Gasteiger partial charge in [0.1, 0.15) is 5.82 Å². The van der Waals surface area contributed by atoms with E-state index < -0.39 is 17.3 Å². The Bertz CT molecular complexity index is 1170. The number of nitrogens with one attached hydrogen (secondary N) is 2. The minimum atomic E-state index is -0.612. The summed E-state index contributed by atoms with van der Waals surface area (Å²) in [5.74, 6) is -0.970. The van der Waals surface area contributed by atoms with Crippen LogP contribution >= 0.6 is 0 Å². The Morgan fingerprint density at radius 3 is 2.81 bits per heavy atom. The Balaban J connectivity index is 1.62. The van der Waals surface area contributed by atoms with E-state index in [-0.39, 0.29) is 16.7 Å². The van der Waals surface area contributed by atoms with Crippen molar-refractivity contribution in [1.82, 2.24) is 25.1 Å². The fourth-order valence-corrected chi connectivity index (χ4v) is 2.81. The summed E-state index contributed by atoms with van der Waals surface area (Å²) in [4.78, 5) is 28.4. The van der Waals surface area contributed by atoms with Crippen molar-refractivity contribution < 1.29 is 9.18 Å². The van der Waals surface area contributed by atoms with Gasteiger partial charge in [0.05, 0.1) is 10.9 Å². The molecular formula is C18H14FN5O2. The number of hydrogen-bond donors (Lipinski definition) is 2. The Morgan fingerprint density at radius 2 is 2.00 bits per heavy atom. The molecule has 130 valence electrons. The Morgan fingerprint density at radius 1 is 1.19 bits per heavy atom. The Labute approximate surface area is 146 Å². The molecule has 8 heteroatoms. The normalized spacial score (nSPS) is 11.1. The van der Waals surface area contributed by atoms with Gasteiger partial charge in [-0.3, -0.25) is 9.59 Å². The van der Waals surface area contributed by atoms with Gasteiger partial charge in [0, 0.05) is 6.54 Å². The average Bonchev–Trinajstić information content (AvgIpc) is 3.06. The lowest BCUT2D eigenvalue weighted by atomic mass is 10.1. The second-order valence-corrected chi connectivity index (χ2v) is 5.79. The van der Waals surface area contributed by atoms with Crippen LogP contribution in [0.3, 0.4) is 0 Å². The Hall–Kier alpha value is -3.55. The van der Waals surface area contributed by atoms with Crippen LogP contribution in [0.15, 0.2) is 53.3 Å². The fraction of sp³-hybridized carbons (Fsp3) is 0.111. The van der Waals surface area contributed by atoms with Crippen molar-refractivity contribution in [2.75, 3.05) is 6.54 Å². The molecule has 2 aromatic carbocycles. The van der Waals surface area contributed by atoms with E-state index >= 15 is 0 Å². The first-order valence-electron chi connectivity index (χ1n) is 8.02. The predicted octanol–water partition coefficient (Wildman–Crippen LogP) is 1.68. The lowest BCUT2D eigenvalue weighted by Crippen LogP contribution is -2.26. The van der Waals surface area contributed by atoms with Gasteiger partial charge in [-0.2, -0.15) is 4.98 Å². The van der Waals surface area contributed by atoms with Gasteiger partial charge in [-0.05, 0) is 30.2 Å². The van der Waals surface area contributed by atoms with E-state index in [1.165, 1.54) is 16.6 Å². The zero-order valence-corrected chi connectivity index (χ0v) is 13.6. The monoisotopic (exact) mass is 351 g/mol. The van der Waals surface area contributed by atoms with E-state index in [0.717, 1.165) is 11.6 Å². The van der Waals surface area contributed by atoms with Crippen molar-refractivity contribution in [3.05, 3.63) is 76.0 Å². The molecule has 26 heavy (non-hydrogen) atoms. The second kappa shape index (κ2) is 6.40. The first-order valence-corrected chi connectivity index (χ1v) is 8.02.